The number of anilines is 3. The van der Waals surface area contributed by atoms with Gasteiger partial charge in [0.2, 0.25) is 0 Å². The van der Waals surface area contributed by atoms with E-state index in [9.17, 15) is 5.11 Å². The summed E-state index contributed by atoms with van der Waals surface area (Å²) >= 11 is 0. The van der Waals surface area contributed by atoms with E-state index >= 15 is 0 Å². The quantitative estimate of drug-likeness (QED) is 0.534. The summed E-state index contributed by atoms with van der Waals surface area (Å²) in [5.74, 6) is 1.63. The van der Waals surface area contributed by atoms with E-state index in [0.29, 0.717) is 12.2 Å². The zero-order chi connectivity index (χ0) is 19.8. The fourth-order valence-electron chi connectivity index (χ4n) is 4.37. The van der Waals surface area contributed by atoms with Crippen LogP contribution in [-0.2, 0) is 6.42 Å². The van der Waals surface area contributed by atoms with Gasteiger partial charge in [-0.25, -0.2) is 9.97 Å². The highest BCUT2D eigenvalue weighted by Crippen LogP contribution is 2.35. The van der Waals surface area contributed by atoms with Crippen LogP contribution in [0.5, 0.6) is 0 Å². The van der Waals surface area contributed by atoms with E-state index in [1.165, 1.54) is 0 Å². The summed E-state index contributed by atoms with van der Waals surface area (Å²) in [5, 5.41) is 17.3. The standard InChI is InChI=1S/C20H26N8O.2ClH/c21-12-20(13-29)5-9-27(10-6-20)16-11-23-17-18(24-16)25-26-19(17)28-8-2-3-14-15(28)4-1-7-22-14;;/h1,4,7,11,29H,2-3,5-6,8-10,12-13,21H2,(H,24,25,26);2*1H. The summed E-state index contributed by atoms with van der Waals surface area (Å²) < 4.78 is 0. The first-order chi connectivity index (χ1) is 14.2. The Morgan fingerprint density at radius 3 is 2.71 bits per heavy atom. The monoisotopic (exact) mass is 466 g/mol. The molecule has 0 atom stereocenters. The summed E-state index contributed by atoms with van der Waals surface area (Å²) in [5.41, 5.74) is 9.37. The molecular formula is C20H28Cl2N8O. The Labute approximate surface area is 193 Å². The van der Waals surface area contributed by atoms with Crippen LogP contribution in [-0.4, -0.2) is 63.0 Å². The number of hydrogen-bond acceptors (Lipinski definition) is 8. The van der Waals surface area contributed by atoms with Gasteiger partial charge in [-0.05, 0) is 37.8 Å². The summed E-state index contributed by atoms with van der Waals surface area (Å²) in [6.07, 6.45) is 7.38. The lowest BCUT2D eigenvalue weighted by Gasteiger charge is -2.40. The van der Waals surface area contributed by atoms with Crippen molar-refractivity contribution in [3.63, 3.8) is 0 Å². The van der Waals surface area contributed by atoms with Gasteiger partial charge in [0.25, 0.3) is 0 Å². The second-order valence-corrected chi connectivity index (χ2v) is 8.05. The molecule has 0 unspecified atom stereocenters. The Kier molecular flexibility index (Phi) is 7.20. The number of piperidine rings is 1. The number of nitrogens with zero attached hydrogens (tertiary/aromatic N) is 6. The molecule has 2 aliphatic rings. The Morgan fingerprint density at radius 1 is 1.16 bits per heavy atom. The molecule has 2 aliphatic heterocycles. The van der Waals surface area contributed by atoms with Crippen LogP contribution < -0.4 is 15.5 Å². The fourth-order valence-corrected chi connectivity index (χ4v) is 4.37. The van der Waals surface area contributed by atoms with E-state index < -0.39 is 0 Å². The van der Waals surface area contributed by atoms with E-state index in [-0.39, 0.29) is 36.8 Å². The topological polar surface area (TPSA) is 120 Å². The molecule has 0 saturated carbocycles. The molecule has 0 amide bonds. The second kappa shape index (κ2) is 9.52. The summed E-state index contributed by atoms with van der Waals surface area (Å²) in [7, 11) is 0. The van der Waals surface area contributed by atoms with Crippen LogP contribution in [0.15, 0.2) is 24.5 Å². The molecule has 0 radical (unpaired) electrons. The van der Waals surface area contributed by atoms with E-state index in [1.54, 1.807) is 0 Å². The molecule has 0 spiro atoms. The van der Waals surface area contributed by atoms with Crippen molar-refractivity contribution in [2.45, 2.75) is 25.7 Å². The first kappa shape index (κ1) is 23.5. The number of nitrogens with one attached hydrogen (secondary N) is 1. The van der Waals surface area contributed by atoms with Gasteiger partial charge in [0.15, 0.2) is 17.0 Å². The Bertz CT molecular complexity index is 1020. The molecule has 9 nitrogen and oxygen atoms in total. The van der Waals surface area contributed by atoms with Crippen molar-refractivity contribution in [2.24, 2.45) is 11.1 Å². The zero-order valence-corrected chi connectivity index (χ0v) is 18.8. The van der Waals surface area contributed by atoms with Crippen LogP contribution in [0.4, 0.5) is 17.3 Å². The molecule has 3 aromatic heterocycles. The number of pyridine rings is 1. The molecule has 31 heavy (non-hydrogen) atoms. The molecule has 168 valence electrons. The highest BCUT2D eigenvalue weighted by atomic mass is 35.5. The highest BCUT2D eigenvalue weighted by Gasteiger charge is 2.33. The minimum absolute atomic E-state index is 0. The largest absolute Gasteiger partial charge is 0.396 e. The number of aliphatic hydroxyl groups is 1. The summed E-state index contributed by atoms with van der Waals surface area (Å²) in [4.78, 5) is 18.4. The third kappa shape index (κ3) is 4.15. The van der Waals surface area contributed by atoms with E-state index in [2.05, 4.69) is 31.0 Å². The van der Waals surface area contributed by atoms with Crippen molar-refractivity contribution in [3.8, 4) is 0 Å². The Morgan fingerprint density at radius 2 is 1.97 bits per heavy atom. The number of aromatic nitrogens is 5. The summed E-state index contributed by atoms with van der Waals surface area (Å²) in [6, 6.07) is 4.04. The SMILES string of the molecule is Cl.Cl.NCC1(CO)CCN(c2cnc3c(N4CCCc5ncccc54)n[nH]c3n2)CC1. The number of H-pyrrole nitrogens is 1. The molecule has 4 N–H and O–H groups in total. The molecular weight excluding hydrogens is 439 g/mol. The van der Waals surface area contributed by atoms with Crippen molar-refractivity contribution in [1.82, 2.24) is 25.1 Å². The minimum Gasteiger partial charge on any atom is -0.396 e. The average Bonchev–Trinajstić information content (AvgIpc) is 3.22. The molecule has 0 aromatic carbocycles. The number of rotatable bonds is 4. The van der Waals surface area contributed by atoms with Crippen LogP contribution in [0.2, 0.25) is 0 Å². The third-order valence-electron chi connectivity index (χ3n) is 6.36. The number of halogens is 2. The lowest BCUT2D eigenvalue weighted by molar-refractivity contribution is 0.104. The van der Waals surface area contributed by atoms with Crippen molar-refractivity contribution >= 4 is 53.3 Å². The number of hydrogen-bond donors (Lipinski definition) is 3. The maximum Gasteiger partial charge on any atom is 0.183 e. The fraction of sp³-hybridized carbons (Fsp3) is 0.500. The van der Waals surface area contributed by atoms with Gasteiger partial charge in [0, 0.05) is 37.8 Å². The van der Waals surface area contributed by atoms with Crippen LogP contribution in [0, 0.1) is 5.41 Å². The van der Waals surface area contributed by atoms with E-state index in [1.807, 2.05) is 18.5 Å². The Hall–Kier alpha value is -2.20. The molecule has 1 fully saturated rings. The van der Waals surface area contributed by atoms with Gasteiger partial charge >= 0.3 is 0 Å². The van der Waals surface area contributed by atoms with Crippen molar-refractivity contribution < 1.29 is 5.11 Å². The van der Waals surface area contributed by atoms with Crippen LogP contribution in [0.3, 0.4) is 0 Å². The smallest absolute Gasteiger partial charge is 0.183 e. The van der Waals surface area contributed by atoms with Gasteiger partial charge in [-0.2, -0.15) is 5.10 Å². The number of aliphatic hydroxyl groups excluding tert-OH is 1. The van der Waals surface area contributed by atoms with Crippen LogP contribution in [0.1, 0.15) is 25.0 Å². The number of nitrogens with two attached hydrogens (primary N) is 1. The maximum absolute atomic E-state index is 9.69. The van der Waals surface area contributed by atoms with Crippen molar-refractivity contribution in [2.75, 3.05) is 42.6 Å². The lowest BCUT2D eigenvalue weighted by Crippen LogP contribution is -2.46. The number of fused-ring (bicyclic) bond motifs is 2. The molecule has 0 aliphatic carbocycles. The highest BCUT2D eigenvalue weighted by molar-refractivity contribution is 5.87. The van der Waals surface area contributed by atoms with Gasteiger partial charge in [0.1, 0.15) is 5.82 Å². The summed E-state index contributed by atoms with van der Waals surface area (Å²) in [6.45, 7) is 3.15. The first-order valence-electron chi connectivity index (χ1n) is 10.2. The van der Waals surface area contributed by atoms with Crippen molar-refractivity contribution in [3.05, 3.63) is 30.2 Å². The first-order valence-corrected chi connectivity index (χ1v) is 10.2. The van der Waals surface area contributed by atoms with Gasteiger partial charge < -0.3 is 20.6 Å². The van der Waals surface area contributed by atoms with Gasteiger partial charge in [-0.1, -0.05) is 0 Å². The molecule has 3 aromatic rings. The second-order valence-electron chi connectivity index (χ2n) is 8.05. The zero-order valence-electron chi connectivity index (χ0n) is 17.2. The normalized spacial score (nSPS) is 17.6. The van der Waals surface area contributed by atoms with E-state index in [0.717, 1.165) is 73.9 Å². The van der Waals surface area contributed by atoms with Gasteiger partial charge in [-0.15, -0.1) is 24.8 Å². The van der Waals surface area contributed by atoms with Crippen molar-refractivity contribution in [1.29, 1.82) is 0 Å². The Balaban J connectivity index is 0.00000136. The molecule has 0 bridgehead atoms. The molecule has 11 heteroatoms. The third-order valence-corrected chi connectivity index (χ3v) is 6.36. The molecule has 5 rings (SSSR count). The van der Waals surface area contributed by atoms with Crippen LogP contribution >= 0.6 is 24.8 Å². The number of aromatic amines is 1. The van der Waals surface area contributed by atoms with E-state index in [4.69, 9.17) is 15.7 Å². The minimum atomic E-state index is -0.162. The predicted molar refractivity (Wildman–Crippen MR) is 126 cm³/mol. The molecule has 1 saturated heterocycles. The van der Waals surface area contributed by atoms with Gasteiger partial charge in [0.05, 0.1) is 24.2 Å². The number of aryl methyl sites for hydroxylation is 1. The molecule has 5 heterocycles. The van der Waals surface area contributed by atoms with Gasteiger partial charge in [-0.3, -0.25) is 10.1 Å². The predicted octanol–water partition coefficient (Wildman–Crippen LogP) is 2.21. The lowest BCUT2D eigenvalue weighted by atomic mass is 9.79. The average molecular weight is 467 g/mol. The van der Waals surface area contributed by atoms with Crippen LogP contribution in [0.25, 0.3) is 11.2 Å². The maximum atomic E-state index is 9.69.